The van der Waals surface area contributed by atoms with Gasteiger partial charge in [-0.2, -0.15) is 13.8 Å². The second kappa shape index (κ2) is 8.29. The van der Waals surface area contributed by atoms with E-state index < -0.39 is 52.7 Å². The summed E-state index contributed by atoms with van der Waals surface area (Å²) in [6.45, 7) is -0.664. The summed E-state index contributed by atoms with van der Waals surface area (Å²) >= 11 is 0. The van der Waals surface area contributed by atoms with Gasteiger partial charge < -0.3 is 41.8 Å². The summed E-state index contributed by atoms with van der Waals surface area (Å²) in [6.07, 6.45) is 0.137. The third-order valence-corrected chi connectivity index (χ3v) is 8.83. The summed E-state index contributed by atoms with van der Waals surface area (Å²) in [5, 5.41) is -5.56. The molecule has 4 atom stereocenters. The molecule has 2 rings (SSSR count). The Hall–Kier alpha value is -0.945. The van der Waals surface area contributed by atoms with Crippen LogP contribution < -0.4 is 11.4 Å². The van der Waals surface area contributed by atoms with Crippen LogP contribution in [0.5, 0.6) is 0 Å². The van der Waals surface area contributed by atoms with Crippen molar-refractivity contribution in [2.24, 2.45) is 0 Å². The van der Waals surface area contributed by atoms with Crippen molar-refractivity contribution in [3.8, 4) is 0 Å². The number of nitrogens with two attached hydrogens (primary N) is 1. The Labute approximate surface area is 162 Å². The van der Waals surface area contributed by atoms with Crippen LogP contribution in [-0.4, -0.2) is 49.9 Å². The Morgan fingerprint density at radius 3 is 2.52 bits per heavy atom. The van der Waals surface area contributed by atoms with E-state index in [9.17, 15) is 27.3 Å². The van der Waals surface area contributed by atoms with Crippen molar-refractivity contribution in [1.29, 1.82) is 0 Å². The van der Waals surface area contributed by atoms with E-state index in [0.717, 1.165) is 4.57 Å². The number of rotatable bonds is 8. The molecule has 1 aromatic heterocycles. The predicted molar refractivity (Wildman–Crippen MR) is 93.3 cm³/mol. The molecule has 1 aliphatic heterocycles. The monoisotopic (exact) mass is 479 g/mol. The summed E-state index contributed by atoms with van der Waals surface area (Å²) in [6, 6.07) is 1.34. The molecule has 0 saturated carbocycles. The van der Waals surface area contributed by atoms with Crippen LogP contribution in [0.4, 0.5) is 14.6 Å². The van der Waals surface area contributed by atoms with Crippen molar-refractivity contribution in [2.75, 3.05) is 12.3 Å². The maximum Gasteiger partial charge on any atom is 0.444 e. The van der Waals surface area contributed by atoms with E-state index in [2.05, 4.69) is 13.8 Å². The molecule has 1 aromatic rings. The second-order valence-electron chi connectivity index (χ2n) is 5.82. The van der Waals surface area contributed by atoms with E-state index in [1.54, 1.807) is 0 Å². The highest BCUT2D eigenvalue weighted by molar-refractivity contribution is 7.86. The van der Waals surface area contributed by atoms with E-state index in [1.807, 2.05) is 0 Å². The minimum absolute atomic E-state index is 0.00844. The minimum atomic E-state index is -6.49. The molecule has 0 amide bonds. The van der Waals surface area contributed by atoms with Crippen LogP contribution >= 0.6 is 22.7 Å². The zero-order valence-corrected chi connectivity index (χ0v) is 17.0. The third-order valence-electron chi connectivity index (χ3n) is 3.60. The zero-order chi connectivity index (χ0) is 22.3. The Morgan fingerprint density at radius 2 is 1.97 bits per heavy atom. The van der Waals surface area contributed by atoms with Crippen LogP contribution in [0.25, 0.3) is 0 Å². The number of halogens is 2. The van der Waals surface area contributed by atoms with E-state index in [1.165, 1.54) is 12.3 Å². The number of ether oxygens (including phenoxy) is 1. The van der Waals surface area contributed by atoms with Gasteiger partial charge in [0.05, 0.1) is 20.2 Å². The quantitative estimate of drug-likeness (QED) is 0.301. The van der Waals surface area contributed by atoms with E-state index in [0.29, 0.717) is 0 Å². The maximum absolute atomic E-state index is 13.4. The number of anilines is 1. The minimum Gasteiger partial charge on any atom is -0.443 e. The highest BCUT2D eigenvalue weighted by Crippen LogP contribution is 2.77. The van der Waals surface area contributed by atoms with Crippen molar-refractivity contribution < 1.29 is 50.7 Å². The maximum atomic E-state index is 13.4. The average Bonchev–Trinajstić information content (AvgIpc) is 2.99. The average molecular weight is 479 g/mol. The Bertz CT molecular complexity index is 971. The first-order valence-corrected chi connectivity index (χ1v) is 12.4. The van der Waals surface area contributed by atoms with Crippen LogP contribution in [0.15, 0.2) is 17.1 Å². The van der Waals surface area contributed by atoms with Crippen molar-refractivity contribution in [3.63, 3.8) is 0 Å². The molecule has 29 heavy (non-hydrogen) atoms. The molecule has 1 fully saturated rings. The highest BCUT2D eigenvalue weighted by Gasteiger charge is 2.65. The van der Waals surface area contributed by atoms with Crippen LogP contribution in [0.1, 0.15) is 19.1 Å². The molecule has 1 aliphatic rings. The normalized spacial score (nSPS) is 24.8. The topological polar surface area (TPSA) is 200 Å². The molecular formula is C10H15BF2N3O10P3-. The first-order chi connectivity index (χ1) is 13.1. The van der Waals surface area contributed by atoms with E-state index in [-0.39, 0.29) is 18.7 Å². The Balaban J connectivity index is 1.99. The molecule has 19 heteroatoms. The fourth-order valence-corrected chi connectivity index (χ4v) is 6.07. The number of alkyl halides is 2. The molecule has 0 aliphatic carbocycles. The number of nitrogens with zero attached hydrogens (tertiary/aromatic N) is 2. The van der Waals surface area contributed by atoms with Crippen LogP contribution in [0.2, 0.25) is 0 Å². The molecular weight excluding hydrogens is 464 g/mol. The third kappa shape index (κ3) is 5.60. The van der Waals surface area contributed by atoms with Gasteiger partial charge in [-0.1, -0.05) is 0 Å². The van der Waals surface area contributed by atoms with Gasteiger partial charge >= 0.3 is 26.3 Å². The highest BCUT2D eigenvalue weighted by atomic mass is 31.3. The fraction of sp³-hybridized carbons (Fsp3) is 0.600. The predicted octanol–water partition coefficient (Wildman–Crippen LogP) is 0.726. The van der Waals surface area contributed by atoms with Crippen LogP contribution in [-0.2, 0) is 27.3 Å². The van der Waals surface area contributed by atoms with Gasteiger partial charge in [-0.25, -0.2) is 4.79 Å². The van der Waals surface area contributed by atoms with Crippen molar-refractivity contribution in [1.82, 2.24) is 9.55 Å². The van der Waals surface area contributed by atoms with Gasteiger partial charge in [0.2, 0.25) is 0 Å². The lowest BCUT2D eigenvalue weighted by molar-refractivity contribution is -0.0207. The van der Waals surface area contributed by atoms with Crippen molar-refractivity contribution in [2.45, 2.75) is 30.6 Å². The summed E-state index contributed by atoms with van der Waals surface area (Å²) in [4.78, 5) is 41.3. The van der Waals surface area contributed by atoms with Crippen molar-refractivity contribution in [3.05, 3.63) is 22.7 Å². The van der Waals surface area contributed by atoms with Gasteiger partial charge in [0, 0.05) is 6.20 Å². The van der Waals surface area contributed by atoms with Gasteiger partial charge in [0.25, 0.3) is 0 Å². The summed E-state index contributed by atoms with van der Waals surface area (Å²) in [5.41, 5.74) is 4.66. The molecule has 13 nitrogen and oxygen atoms in total. The molecule has 5 N–H and O–H groups in total. The molecule has 0 spiro atoms. The number of nitrogen functional groups attached to an aromatic ring is 1. The Morgan fingerprint density at radius 1 is 1.34 bits per heavy atom. The SMILES string of the molecule is [B-]P(=O)(OCC1CCC(n2ccc(N)nc2=O)O1)OP(=O)(O)C(F)(F)P(=O)(O)O. The number of hydrogen-bond donors (Lipinski definition) is 4. The first-order valence-electron chi connectivity index (χ1n) is 7.57. The van der Waals surface area contributed by atoms with Crippen LogP contribution in [0, 0.1) is 0 Å². The van der Waals surface area contributed by atoms with Gasteiger partial charge in [0.15, 0.2) is 0 Å². The number of aromatic nitrogens is 2. The standard InChI is InChI=1S/C10H15BF2N3O10P3/c11-29(23,26-28(21,22)10(12,13)27(18,19)20)24-5-6-1-2-8(25-6)16-4-3-7(14)15-9(16)17/h3-4,6,8H,1-2,5H2,(H,21,22)(H2,14,15,17)(H2,18,19,20)/q-1. The second-order valence-corrected chi connectivity index (χ2v) is 11.4. The molecule has 2 heterocycles. The molecule has 4 unspecified atom stereocenters. The first kappa shape index (κ1) is 24.3. The summed E-state index contributed by atoms with van der Waals surface area (Å²) in [5.74, 6) is -0.00844. The smallest absolute Gasteiger partial charge is 0.443 e. The zero-order valence-electron chi connectivity index (χ0n) is 14.3. The lowest BCUT2D eigenvalue weighted by Gasteiger charge is -2.32. The lowest BCUT2D eigenvalue weighted by Crippen LogP contribution is -2.27. The fourth-order valence-electron chi connectivity index (χ4n) is 2.24. The summed E-state index contributed by atoms with van der Waals surface area (Å²) in [7, 11) is -13.1. The van der Waals surface area contributed by atoms with Gasteiger partial charge in [-0.05, 0) is 18.9 Å². The van der Waals surface area contributed by atoms with E-state index >= 15 is 0 Å². The molecule has 163 valence electrons. The van der Waals surface area contributed by atoms with Gasteiger partial charge in [-0.15, -0.1) is 0 Å². The lowest BCUT2D eigenvalue weighted by atomic mass is 10.2. The molecule has 0 aromatic carbocycles. The van der Waals surface area contributed by atoms with E-state index in [4.69, 9.17) is 32.7 Å². The number of hydrogen-bond acceptors (Lipinski definition) is 9. The Kier molecular flexibility index (Phi) is 6.96. The van der Waals surface area contributed by atoms with Crippen LogP contribution in [0.3, 0.4) is 0 Å². The summed E-state index contributed by atoms with van der Waals surface area (Å²) < 4.78 is 75.5. The van der Waals surface area contributed by atoms with Crippen molar-refractivity contribution >= 4 is 36.0 Å². The van der Waals surface area contributed by atoms with Gasteiger partial charge in [-0.3, -0.25) is 18.0 Å². The molecule has 0 bridgehead atoms. The molecule has 1 saturated heterocycles. The van der Waals surface area contributed by atoms with Gasteiger partial charge in [0.1, 0.15) is 12.0 Å². The molecule has 3 radical (unpaired) electrons. The largest absolute Gasteiger partial charge is 0.444 e.